The van der Waals surface area contributed by atoms with E-state index in [1.54, 1.807) is 11.2 Å². The van der Waals surface area contributed by atoms with Crippen LogP contribution in [0, 0.1) is 6.92 Å². The Hall–Kier alpha value is -1.79. The average molecular weight is 404 g/mol. The summed E-state index contributed by atoms with van der Waals surface area (Å²) in [6.07, 6.45) is 2.27. The molecule has 1 aromatic carbocycles. The summed E-state index contributed by atoms with van der Waals surface area (Å²) in [6, 6.07) is 7.97. The van der Waals surface area contributed by atoms with Crippen molar-refractivity contribution in [2.24, 2.45) is 0 Å². The number of amides is 1. The molecule has 4 nitrogen and oxygen atoms in total. The molecule has 0 N–H and O–H groups in total. The summed E-state index contributed by atoms with van der Waals surface area (Å²) in [4.78, 5) is 14.5. The van der Waals surface area contributed by atoms with E-state index in [-0.39, 0.29) is 11.2 Å². The van der Waals surface area contributed by atoms with Crippen LogP contribution in [0.4, 0.5) is 0 Å². The van der Waals surface area contributed by atoms with Gasteiger partial charge in [-0.1, -0.05) is 43.9 Å². The minimum Gasteiger partial charge on any atom is -0.494 e. The zero-order valence-electron chi connectivity index (χ0n) is 16.2. The van der Waals surface area contributed by atoms with Gasteiger partial charge < -0.3 is 9.15 Å². The molecule has 0 bridgehead atoms. The number of thioether (sulfide) groups is 1. The minimum atomic E-state index is -0.191. The van der Waals surface area contributed by atoms with E-state index >= 15 is 0 Å². The number of hydrogen-bond acceptors (Lipinski definition) is 5. The van der Waals surface area contributed by atoms with Gasteiger partial charge >= 0.3 is 0 Å². The summed E-state index contributed by atoms with van der Waals surface area (Å²) < 4.78 is 11.8. The molecule has 1 saturated heterocycles. The van der Waals surface area contributed by atoms with Gasteiger partial charge in [-0.2, -0.15) is 0 Å². The van der Waals surface area contributed by atoms with Gasteiger partial charge in [0.15, 0.2) is 0 Å². The molecule has 2 heterocycles. The number of nitrogens with zero attached hydrogens (tertiary/aromatic N) is 1. The van der Waals surface area contributed by atoms with E-state index in [9.17, 15) is 4.79 Å². The van der Waals surface area contributed by atoms with Crippen LogP contribution in [0.25, 0.3) is 0 Å². The Morgan fingerprint density at radius 3 is 2.78 bits per heavy atom. The first-order valence-electron chi connectivity index (χ1n) is 9.21. The third-order valence-corrected chi connectivity index (χ3v) is 6.28. The van der Waals surface area contributed by atoms with Gasteiger partial charge in [0.1, 0.15) is 15.8 Å². The van der Waals surface area contributed by atoms with Crippen LogP contribution < -0.4 is 4.74 Å². The van der Waals surface area contributed by atoms with Crippen LogP contribution in [0.3, 0.4) is 0 Å². The number of furan rings is 1. The van der Waals surface area contributed by atoms with Gasteiger partial charge in [-0.3, -0.25) is 9.69 Å². The minimum absolute atomic E-state index is 0.0563. The molecule has 27 heavy (non-hydrogen) atoms. The highest BCUT2D eigenvalue weighted by atomic mass is 32.2. The highest BCUT2D eigenvalue weighted by Crippen LogP contribution is 2.35. The van der Waals surface area contributed by atoms with Crippen LogP contribution in [0.5, 0.6) is 5.75 Å². The van der Waals surface area contributed by atoms with Crippen molar-refractivity contribution in [1.29, 1.82) is 0 Å². The fraction of sp³-hybridized carbons (Fsp3) is 0.429. The number of carbonyl (C=O) groups is 1. The van der Waals surface area contributed by atoms with Gasteiger partial charge in [0, 0.05) is 0 Å². The summed E-state index contributed by atoms with van der Waals surface area (Å²) >= 11 is 6.92. The molecule has 0 unspecified atom stereocenters. The molecular formula is C21H25NO3S2. The molecular weight excluding hydrogens is 378 g/mol. The normalized spacial score (nSPS) is 17.2. The van der Waals surface area contributed by atoms with Crippen LogP contribution in [-0.2, 0) is 17.8 Å². The third kappa shape index (κ3) is 4.38. The molecule has 0 spiro atoms. The Morgan fingerprint density at radius 1 is 1.37 bits per heavy atom. The Labute approximate surface area is 170 Å². The van der Waals surface area contributed by atoms with Crippen molar-refractivity contribution >= 4 is 34.2 Å². The number of carbonyl (C=O) groups excluding carboxylic acids is 1. The fourth-order valence-corrected chi connectivity index (χ4v) is 4.75. The largest absolute Gasteiger partial charge is 0.494 e. The Kier molecular flexibility index (Phi) is 6.27. The first kappa shape index (κ1) is 20.0. The molecule has 2 aromatic rings. The Morgan fingerprint density at radius 2 is 2.15 bits per heavy atom. The molecule has 144 valence electrons. The number of thiocarbonyl (C=S) groups is 1. The van der Waals surface area contributed by atoms with E-state index in [1.807, 2.05) is 19.1 Å². The highest BCUT2D eigenvalue weighted by Gasteiger charge is 2.37. The van der Waals surface area contributed by atoms with Crippen molar-refractivity contribution in [3.63, 3.8) is 0 Å². The topological polar surface area (TPSA) is 42.7 Å². The number of hydrogen-bond donors (Lipinski definition) is 0. The van der Waals surface area contributed by atoms with E-state index in [2.05, 4.69) is 32.9 Å². The molecule has 1 fully saturated rings. The standard InChI is InChI=1S/C21H25NO3S2/c1-5-24-18-9-14(4)15(10-17(18)13(2)3)11-19-20(23)22(21(26)27-19)12-16-7-6-8-25-16/h6-10,13,19H,5,11-12H2,1-4H3/t19-/m1/s1. The van der Waals surface area contributed by atoms with Crippen molar-refractivity contribution < 1.29 is 13.9 Å². The molecule has 1 atom stereocenters. The molecule has 1 aliphatic rings. The van der Waals surface area contributed by atoms with Gasteiger partial charge in [0.25, 0.3) is 0 Å². The van der Waals surface area contributed by atoms with E-state index in [0.29, 0.717) is 29.8 Å². The predicted molar refractivity (Wildman–Crippen MR) is 113 cm³/mol. The average Bonchev–Trinajstić information content (AvgIpc) is 3.21. The monoisotopic (exact) mass is 403 g/mol. The van der Waals surface area contributed by atoms with Crippen LogP contribution in [0.2, 0.25) is 0 Å². The van der Waals surface area contributed by atoms with Gasteiger partial charge in [-0.15, -0.1) is 0 Å². The number of aryl methyl sites for hydroxylation is 1. The van der Waals surface area contributed by atoms with Crippen LogP contribution in [0.1, 0.15) is 49.1 Å². The quantitative estimate of drug-likeness (QED) is 0.603. The van der Waals surface area contributed by atoms with Crippen LogP contribution in [-0.4, -0.2) is 27.0 Å². The van der Waals surface area contributed by atoms with Crippen LogP contribution >= 0.6 is 24.0 Å². The van der Waals surface area contributed by atoms with Crippen molar-refractivity contribution in [3.05, 3.63) is 53.0 Å². The zero-order valence-corrected chi connectivity index (χ0v) is 17.8. The first-order chi connectivity index (χ1) is 12.9. The summed E-state index contributed by atoms with van der Waals surface area (Å²) in [5.74, 6) is 2.09. The zero-order chi connectivity index (χ0) is 19.6. The molecule has 1 aromatic heterocycles. The molecule has 3 rings (SSSR count). The van der Waals surface area contributed by atoms with Crippen molar-refractivity contribution in [1.82, 2.24) is 4.90 Å². The number of ether oxygens (including phenoxy) is 1. The lowest BCUT2D eigenvalue weighted by molar-refractivity contribution is -0.126. The molecule has 0 saturated carbocycles. The Bertz CT molecular complexity index is 830. The lowest BCUT2D eigenvalue weighted by Crippen LogP contribution is -2.31. The van der Waals surface area contributed by atoms with Crippen molar-refractivity contribution in [2.75, 3.05) is 6.61 Å². The summed E-state index contributed by atoms with van der Waals surface area (Å²) in [5.41, 5.74) is 3.50. The second-order valence-corrected chi connectivity index (χ2v) is 8.82. The first-order valence-corrected chi connectivity index (χ1v) is 10.5. The van der Waals surface area contributed by atoms with E-state index < -0.39 is 0 Å². The lowest BCUT2D eigenvalue weighted by atomic mass is 9.94. The third-order valence-electron chi connectivity index (χ3n) is 4.69. The summed E-state index contributed by atoms with van der Waals surface area (Å²) in [6.45, 7) is 9.43. The predicted octanol–water partition coefficient (Wildman–Crippen LogP) is 5.08. The maximum atomic E-state index is 12.9. The molecule has 1 aliphatic heterocycles. The molecule has 6 heteroatoms. The lowest BCUT2D eigenvalue weighted by Gasteiger charge is -2.18. The molecule has 0 aliphatic carbocycles. The molecule has 0 radical (unpaired) electrons. The smallest absolute Gasteiger partial charge is 0.242 e. The van der Waals surface area contributed by atoms with E-state index in [1.165, 1.54) is 22.9 Å². The van der Waals surface area contributed by atoms with Crippen molar-refractivity contribution in [2.45, 2.75) is 51.8 Å². The summed E-state index contributed by atoms with van der Waals surface area (Å²) in [7, 11) is 0. The fourth-order valence-electron chi connectivity index (χ4n) is 3.23. The number of rotatable bonds is 7. The second-order valence-electron chi connectivity index (χ2n) is 6.98. The van der Waals surface area contributed by atoms with Crippen LogP contribution in [0.15, 0.2) is 34.9 Å². The SMILES string of the molecule is CCOc1cc(C)c(C[C@H]2SC(=S)N(Cc3ccco3)C2=O)cc1C(C)C. The van der Waals surface area contributed by atoms with Gasteiger partial charge in [-0.25, -0.2) is 0 Å². The second kappa shape index (κ2) is 8.48. The highest BCUT2D eigenvalue weighted by molar-refractivity contribution is 8.24. The maximum absolute atomic E-state index is 12.9. The van der Waals surface area contributed by atoms with Gasteiger partial charge in [0.2, 0.25) is 5.91 Å². The van der Waals surface area contributed by atoms with Gasteiger partial charge in [-0.05, 0) is 61.1 Å². The van der Waals surface area contributed by atoms with Gasteiger partial charge in [0.05, 0.1) is 24.7 Å². The maximum Gasteiger partial charge on any atom is 0.242 e. The molecule has 1 amide bonds. The van der Waals surface area contributed by atoms with E-state index in [0.717, 1.165) is 17.1 Å². The van der Waals surface area contributed by atoms with Crippen molar-refractivity contribution in [3.8, 4) is 5.75 Å². The number of benzene rings is 1. The summed E-state index contributed by atoms with van der Waals surface area (Å²) in [5, 5.41) is -0.191. The van der Waals surface area contributed by atoms with E-state index in [4.69, 9.17) is 21.4 Å². The Balaban J connectivity index is 1.79.